The molecule has 0 spiro atoms. The fraction of sp³-hybridized carbons (Fsp3) is 0.440. The van der Waals surface area contributed by atoms with Crippen LogP contribution in [0.3, 0.4) is 0 Å². The second-order valence-electron chi connectivity index (χ2n) is 9.16. The van der Waals surface area contributed by atoms with Crippen LogP contribution in [0.1, 0.15) is 36.3 Å². The van der Waals surface area contributed by atoms with Crippen molar-refractivity contribution in [1.29, 1.82) is 0 Å². The first-order valence-corrected chi connectivity index (χ1v) is 13.5. The summed E-state index contributed by atoms with van der Waals surface area (Å²) in [6.07, 6.45) is 4.86. The van der Waals surface area contributed by atoms with E-state index in [2.05, 4.69) is 52.7 Å². The van der Waals surface area contributed by atoms with Gasteiger partial charge in [0.05, 0.1) is 16.4 Å². The SMILES string of the molecule is CC(C)N1CCc2c(sc(NC(O)CCNCc3cnn(C)c3)c2-c2nc3ccccc3s2)C1. The van der Waals surface area contributed by atoms with Crippen LogP contribution < -0.4 is 10.6 Å². The number of nitrogens with zero attached hydrogens (tertiary/aromatic N) is 4. The van der Waals surface area contributed by atoms with E-state index in [9.17, 15) is 5.11 Å². The van der Waals surface area contributed by atoms with Crippen molar-refractivity contribution in [3.05, 3.63) is 52.7 Å². The Morgan fingerprint density at radius 2 is 2.06 bits per heavy atom. The highest BCUT2D eigenvalue weighted by Crippen LogP contribution is 2.46. The average Bonchev–Trinajstić information content (AvgIpc) is 3.51. The number of aromatic nitrogens is 3. The molecule has 1 aliphatic rings. The highest BCUT2D eigenvalue weighted by molar-refractivity contribution is 7.22. The fourth-order valence-electron chi connectivity index (χ4n) is 4.43. The summed E-state index contributed by atoms with van der Waals surface area (Å²) in [5.41, 5.74) is 4.76. The van der Waals surface area contributed by atoms with Crippen LogP contribution in [0.25, 0.3) is 20.8 Å². The molecule has 1 unspecified atom stereocenters. The molecule has 5 rings (SSSR count). The Labute approximate surface area is 208 Å². The maximum absolute atomic E-state index is 10.8. The van der Waals surface area contributed by atoms with Crippen molar-refractivity contribution in [1.82, 2.24) is 25.0 Å². The van der Waals surface area contributed by atoms with Crippen molar-refractivity contribution >= 4 is 37.9 Å². The highest BCUT2D eigenvalue weighted by atomic mass is 32.1. The summed E-state index contributed by atoms with van der Waals surface area (Å²) in [7, 11) is 1.92. The van der Waals surface area contributed by atoms with Crippen molar-refractivity contribution < 1.29 is 5.11 Å². The number of rotatable bonds is 9. The number of hydrogen-bond donors (Lipinski definition) is 3. The van der Waals surface area contributed by atoms with E-state index in [1.165, 1.54) is 20.7 Å². The molecule has 0 aliphatic carbocycles. The largest absolute Gasteiger partial charge is 0.374 e. The normalized spacial score (nSPS) is 15.2. The van der Waals surface area contributed by atoms with Gasteiger partial charge in [-0.05, 0) is 44.5 Å². The molecule has 0 fully saturated rings. The van der Waals surface area contributed by atoms with E-state index >= 15 is 0 Å². The average molecular weight is 497 g/mol. The molecule has 1 aromatic carbocycles. The zero-order chi connectivity index (χ0) is 23.7. The number of benzene rings is 1. The quantitative estimate of drug-likeness (QED) is 0.235. The third-order valence-corrected chi connectivity index (χ3v) is 8.51. The number of nitrogens with one attached hydrogen (secondary N) is 2. The number of thiophene rings is 1. The van der Waals surface area contributed by atoms with Crippen LogP contribution in [0.15, 0.2) is 36.7 Å². The third kappa shape index (κ3) is 5.04. The van der Waals surface area contributed by atoms with Gasteiger partial charge in [-0.15, -0.1) is 22.7 Å². The van der Waals surface area contributed by atoms with Gasteiger partial charge in [0.15, 0.2) is 0 Å². The lowest BCUT2D eigenvalue weighted by Crippen LogP contribution is -2.35. The molecule has 0 radical (unpaired) electrons. The van der Waals surface area contributed by atoms with Crippen LogP contribution in [-0.4, -0.2) is 50.1 Å². The van der Waals surface area contributed by atoms with Gasteiger partial charge in [0.2, 0.25) is 0 Å². The molecule has 3 N–H and O–H groups in total. The molecule has 7 nitrogen and oxygen atoms in total. The van der Waals surface area contributed by atoms with Gasteiger partial charge in [0.1, 0.15) is 16.2 Å². The molecule has 34 heavy (non-hydrogen) atoms. The monoisotopic (exact) mass is 496 g/mol. The van der Waals surface area contributed by atoms with Crippen molar-refractivity contribution in [3.8, 4) is 10.6 Å². The van der Waals surface area contributed by atoms with E-state index in [4.69, 9.17) is 4.98 Å². The molecule has 3 aromatic heterocycles. The minimum Gasteiger partial charge on any atom is -0.374 e. The Balaban J connectivity index is 1.34. The Hall–Kier alpha value is -2.30. The topological polar surface area (TPSA) is 78.2 Å². The summed E-state index contributed by atoms with van der Waals surface area (Å²) >= 11 is 3.51. The Bertz CT molecular complexity index is 1230. The van der Waals surface area contributed by atoms with Crippen LogP contribution in [0.4, 0.5) is 5.00 Å². The van der Waals surface area contributed by atoms with Crippen molar-refractivity contribution in [2.75, 3.05) is 18.4 Å². The van der Waals surface area contributed by atoms with E-state index in [0.29, 0.717) is 19.0 Å². The zero-order valence-corrected chi connectivity index (χ0v) is 21.5. The first-order valence-electron chi connectivity index (χ1n) is 11.9. The summed E-state index contributed by atoms with van der Waals surface area (Å²) in [6.45, 7) is 7.99. The number of aliphatic hydroxyl groups excluding tert-OH is 1. The summed E-state index contributed by atoms with van der Waals surface area (Å²) in [5, 5.41) is 23.9. The maximum Gasteiger partial charge on any atom is 0.127 e. The second kappa shape index (κ2) is 10.1. The summed E-state index contributed by atoms with van der Waals surface area (Å²) in [6, 6.07) is 8.83. The van der Waals surface area contributed by atoms with E-state index < -0.39 is 6.23 Å². The molecule has 4 aromatic rings. The van der Waals surface area contributed by atoms with E-state index in [0.717, 1.165) is 47.1 Å². The van der Waals surface area contributed by atoms with E-state index in [1.54, 1.807) is 27.4 Å². The van der Waals surface area contributed by atoms with Crippen LogP contribution >= 0.6 is 22.7 Å². The van der Waals surface area contributed by atoms with Gasteiger partial charge >= 0.3 is 0 Å². The highest BCUT2D eigenvalue weighted by Gasteiger charge is 2.28. The molecule has 0 amide bonds. The number of fused-ring (bicyclic) bond motifs is 2. The molecule has 1 atom stereocenters. The van der Waals surface area contributed by atoms with Gasteiger partial charge in [-0.1, -0.05) is 12.1 Å². The molecule has 1 aliphatic heterocycles. The smallest absolute Gasteiger partial charge is 0.127 e. The molecule has 0 bridgehead atoms. The predicted octanol–water partition coefficient (Wildman–Crippen LogP) is 4.44. The molecule has 180 valence electrons. The molecular weight excluding hydrogens is 464 g/mol. The summed E-state index contributed by atoms with van der Waals surface area (Å²) in [4.78, 5) is 8.87. The van der Waals surface area contributed by atoms with Crippen LogP contribution in [-0.2, 0) is 26.6 Å². The number of para-hydroxylation sites is 1. The molecule has 9 heteroatoms. The molecule has 0 saturated carbocycles. The van der Waals surface area contributed by atoms with Crippen LogP contribution in [0.2, 0.25) is 0 Å². The Morgan fingerprint density at radius 3 is 2.82 bits per heavy atom. The van der Waals surface area contributed by atoms with Gasteiger partial charge in [-0.25, -0.2) is 4.98 Å². The number of aliphatic hydroxyl groups is 1. The fourth-order valence-corrected chi connectivity index (χ4v) is 6.86. The molecular formula is C25H32N6OS2. The Kier molecular flexibility index (Phi) is 6.99. The standard InChI is InChI=1S/C25H32N6OS2/c1-16(2)31-11-9-18-21(15-31)34-25(23(18)24-28-19-6-4-5-7-20(19)33-24)29-22(32)8-10-26-12-17-13-27-30(3)14-17/h4-7,13-14,16,22,26,29,32H,8-12,15H2,1-3H3. The summed E-state index contributed by atoms with van der Waals surface area (Å²) in [5.74, 6) is 0. The first-order chi connectivity index (χ1) is 16.5. The van der Waals surface area contributed by atoms with Crippen LogP contribution in [0, 0.1) is 0 Å². The van der Waals surface area contributed by atoms with Gasteiger partial charge in [-0.3, -0.25) is 9.58 Å². The third-order valence-electron chi connectivity index (χ3n) is 6.30. The van der Waals surface area contributed by atoms with Crippen molar-refractivity contribution in [2.24, 2.45) is 7.05 Å². The number of thiazole rings is 1. The number of hydrogen-bond acceptors (Lipinski definition) is 8. The van der Waals surface area contributed by atoms with Gasteiger partial charge in [0, 0.05) is 61.3 Å². The minimum atomic E-state index is -0.629. The zero-order valence-electron chi connectivity index (χ0n) is 19.9. The Morgan fingerprint density at radius 1 is 1.21 bits per heavy atom. The predicted molar refractivity (Wildman–Crippen MR) is 141 cm³/mol. The van der Waals surface area contributed by atoms with Gasteiger partial charge < -0.3 is 15.7 Å². The van der Waals surface area contributed by atoms with E-state index in [1.807, 2.05) is 25.5 Å². The van der Waals surface area contributed by atoms with Gasteiger partial charge in [0.25, 0.3) is 0 Å². The number of aryl methyl sites for hydroxylation is 1. The summed E-state index contributed by atoms with van der Waals surface area (Å²) < 4.78 is 3.00. The van der Waals surface area contributed by atoms with Crippen LogP contribution in [0.5, 0.6) is 0 Å². The van der Waals surface area contributed by atoms with Crippen molar-refractivity contribution in [2.45, 2.75) is 52.0 Å². The van der Waals surface area contributed by atoms with E-state index in [-0.39, 0.29) is 0 Å². The lowest BCUT2D eigenvalue weighted by Gasteiger charge is -2.30. The minimum absolute atomic E-state index is 0.522. The first kappa shape index (κ1) is 23.4. The van der Waals surface area contributed by atoms with Gasteiger partial charge in [-0.2, -0.15) is 5.10 Å². The lowest BCUT2D eigenvalue weighted by molar-refractivity contribution is 0.192. The molecule has 0 saturated heterocycles. The maximum atomic E-state index is 10.8. The van der Waals surface area contributed by atoms with Crippen molar-refractivity contribution in [3.63, 3.8) is 0 Å². The number of anilines is 1. The second-order valence-corrected chi connectivity index (χ2v) is 11.3. The lowest BCUT2D eigenvalue weighted by atomic mass is 10.0. The molecule has 4 heterocycles.